The van der Waals surface area contributed by atoms with Gasteiger partial charge in [-0.15, -0.1) is 0 Å². The molecule has 10 heteroatoms. The summed E-state index contributed by atoms with van der Waals surface area (Å²) < 4.78 is 61.3. The number of ether oxygens (including phenoxy) is 1. The topological polar surface area (TPSA) is 65.9 Å². The number of aliphatic hydroxyl groups excluding tert-OH is 1. The molecule has 2 aliphatic heterocycles. The van der Waals surface area contributed by atoms with Crippen molar-refractivity contribution < 1.29 is 32.2 Å². The number of carbonyl (C=O) groups excluding carboxylic acids is 1. The van der Waals surface area contributed by atoms with Gasteiger partial charge in [0.15, 0.2) is 0 Å². The number of rotatable bonds is 7. The summed E-state index contributed by atoms with van der Waals surface area (Å²) in [6, 6.07) is 7.57. The van der Waals surface area contributed by atoms with Crippen molar-refractivity contribution in [3.63, 3.8) is 0 Å². The summed E-state index contributed by atoms with van der Waals surface area (Å²) in [6.07, 6.45) is 0.0208. The van der Waals surface area contributed by atoms with Crippen molar-refractivity contribution in [3.8, 4) is 17.0 Å². The molecular weight excluding hydrogens is 514 g/mol. The minimum atomic E-state index is -4.14. The van der Waals surface area contributed by atoms with E-state index in [4.69, 9.17) is 4.74 Å². The number of aliphatic hydroxyl groups is 1. The molecule has 1 N–H and O–H groups in total. The normalized spacial score (nSPS) is 24.0. The van der Waals surface area contributed by atoms with Gasteiger partial charge in [0.05, 0.1) is 30.0 Å². The van der Waals surface area contributed by atoms with Gasteiger partial charge in [-0.3, -0.25) is 9.78 Å². The van der Waals surface area contributed by atoms with Gasteiger partial charge in [0, 0.05) is 30.3 Å². The number of carbonyl (C=O) groups is 1. The molecule has 0 radical (unpaired) electrons. The molecule has 2 aromatic rings. The van der Waals surface area contributed by atoms with Crippen molar-refractivity contribution in [3.05, 3.63) is 47.9 Å². The van der Waals surface area contributed by atoms with Crippen molar-refractivity contribution in [2.24, 2.45) is 11.3 Å². The maximum atomic E-state index is 14.9. The van der Waals surface area contributed by atoms with E-state index in [1.54, 1.807) is 23.1 Å². The zero-order chi connectivity index (χ0) is 27.8. The molecule has 2 saturated heterocycles. The molecule has 3 aliphatic rings. The number of aromatic nitrogens is 1. The molecule has 3 heterocycles. The lowest BCUT2D eigenvalue weighted by Gasteiger charge is -2.47. The number of halogens is 4. The fourth-order valence-corrected chi connectivity index (χ4v) is 6.02. The van der Waals surface area contributed by atoms with Crippen LogP contribution >= 0.6 is 0 Å². The van der Waals surface area contributed by atoms with Crippen LogP contribution < -0.4 is 4.74 Å². The largest absolute Gasteiger partial charge is 0.492 e. The van der Waals surface area contributed by atoms with E-state index in [0.29, 0.717) is 44.0 Å². The van der Waals surface area contributed by atoms with E-state index in [9.17, 15) is 27.5 Å². The smallest absolute Gasteiger partial charge is 0.395 e. The zero-order valence-corrected chi connectivity index (χ0v) is 22.1. The molecule has 212 valence electrons. The lowest BCUT2D eigenvalue weighted by molar-refractivity contribution is -0.256. The van der Waals surface area contributed by atoms with Gasteiger partial charge in [-0.2, -0.15) is 13.2 Å². The SMILES string of the molecule is CC1CC(O)CN1C(=O)c1ccc(-c2ccc(OCC3CCN(CC4(C(F)(F)F)CCC4)CC3)cn2)c(F)c1. The van der Waals surface area contributed by atoms with Crippen molar-refractivity contribution in [1.82, 2.24) is 14.8 Å². The molecule has 0 bridgehead atoms. The summed E-state index contributed by atoms with van der Waals surface area (Å²) in [6.45, 7) is 3.92. The summed E-state index contributed by atoms with van der Waals surface area (Å²) in [5.74, 6) is -0.0723. The molecule has 6 nitrogen and oxygen atoms in total. The van der Waals surface area contributed by atoms with Gasteiger partial charge in [-0.05, 0) is 88.4 Å². The number of benzene rings is 1. The van der Waals surface area contributed by atoms with Crippen LogP contribution in [-0.2, 0) is 0 Å². The van der Waals surface area contributed by atoms with Crippen molar-refractivity contribution in [2.75, 3.05) is 32.8 Å². The van der Waals surface area contributed by atoms with Crippen LogP contribution in [0.1, 0.15) is 55.8 Å². The van der Waals surface area contributed by atoms with Gasteiger partial charge >= 0.3 is 6.18 Å². The molecule has 1 saturated carbocycles. The molecule has 1 aromatic carbocycles. The third-order valence-electron chi connectivity index (χ3n) is 8.67. The highest BCUT2D eigenvalue weighted by Crippen LogP contribution is 2.53. The zero-order valence-electron chi connectivity index (χ0n) is 22.1. The first-order valence-corrected chi connectivity index (χ1v) is 13.7. The molecule has 5 rings (SSSR count). The van der Waals surface area contributed by atoms with Gasteiger partial charge in [0.25, 0.3) is 5.91 Å². The monoisotopic (exact) mass is 549 g/mol. The fourth-order valence-electron chi connectivity index (χ4n) is 6.02. The highest BCUT2D eigenvalue weighted by molar-refractivity contribution is 5.95. The van der Waals surface area contributed by atoms with Gasteiger partial charge in [-0.1, -0.05) is 6.42 Å². The second-order valence-electron chi connectivity index (χ2n) is 11.4. The summed E-state index contributed by atoms with van der Waals surface area (Å²) in [5, 5.41) is 9.81. The number of amides is 1. The van der Waals surface area contributed by atoms with E-state index in [-0.39, 0.29) is 54.9 Å². The van der Waals surface area contributed by atoms with Crippen LogP contribution in [0.2, 0.25) is 0 Å². The summed E-state index contributed by atoms with van der Waals surface area (Å²) >= 11 is 0. The van der Waals surface area contributed by atoms with E-state index in [1.165, 1.54) is 18.3 Å². The second-order valence-corrected chi connectivity index (χ2v) is 11.4. The summed E-state index contributed by atoms with van der Waals surface area (Å²) in [7, 11) is 0. The Bertz CT molecular complexity index is 1160. The first-order chi connectivity index (χ1) is 18.5. The van der Waals surface area contributed by atoms with E-state index in [0.717, 1.165) is 12.8 Å². The fraction of sp³-hybridized carbons (Fsp3) is 0.586. The maximum Gasteiger partial charge on any atom is 0.395 e. The number of piperidine rings is 1. The average molecular weight is 550 g/mol. The Morgan fingerprint density at radius 2 is 1.92 bits per heavy atom. The Balaban J connectivity index is 1.12. The second kappa shape index (κ2) is 11.0. The summed E-state index contributed by atoms with van der Waals surface area (Å²) in [5.41, 5.74) is -0.617. The lowest BCUT2D eigenvalue weighted by atomic mass is 9.67. The van der Waals surface area contributed by atoms with Crippen LogP contribution in [0.15, 0.2) is 36.5 Å². The van der Waals surface area contributed by atoms with Crippen LogP contribution in [-0.4, -0.2) is 76.9 Å². The molecule has 1 amide bonds. The number of hydrogen-bond donors (Lipinski definition) is 1. The van der Waals surface area contributed by atoms with E-state index < -0.39 is 23.5 Å². The standard InChI is InChI=1S/C29H35F4N3O3/c1-19-13-22(37)16-36(19)27(38)21-3-5-24(25(30)14-21)26-6-4-23(15-34-26)39-17-20-7-11-35(12-8-20)18-28(9-2-10-28)29(31,32)33/h3-6,14-15,19-20,22,37H,2,7-13,16-18H2,1H3. The highest BCUT2D eigenvalue weighted by Gasteiger charge is 2.58. The predicted octanol–water partition coefficient (Wildman–Crippen LogP) is 5.31. The number of likely N-dealkylation sites (tertiary alicyclic amines) is 2. The molecule has 0 spiro atoms. The van der Waals surface area contributed by atoms with Gasteiger partial charge in [0.1, 0.15) is 11.6 Å². The number of nitrogens with zero attached hydrogens (tertiary/aromatic N) is 3. The molecule has 1 aliphatic carbocycles. The van der Waals surface area contributed by atoms with E-state index >= 15 is 0 Å². The molecule has 1 aromatic heterocycles. The Morgan fingerprint density at radius 3 is 2.46 bits per heavy atom. The van der Waals surface area contributed by atoms with Gasteiger partial charge in [-0.25, -0.2) is 4.39 Å². The number of β-amino-alcohol motifs (C(OH)–C–C–N with tert-alkyl or cyclic N) is 1. The molecule has 3 fully saturated rings. The van der Waals surface area contributed by atoms with Crippen LogP contribution in [0.4, 0.5) is 17.6 Å². The molecule has 2 unspecified atom stereocenters. The van der Waals surface area contributed by atoms with E-state index in [1.807, 2.05) is 11.8 Å². The molecule has 39 heavy (non-hydrogen) atoms. The Kier molecular flexibility index (Phi) is 7.88. The predicted molar refractivity (Wildman–Crippen MR) is 138 cm³/mol. The maximum absolute atomic E-state index is 14.9. The number of pyridine rings is 1. The number of hydrogen-bond acceptors (Lipinski definition) is 5. The van der Waals surface area contributed by atoms with Crippen molar-refractivity contribution in [1.29, 1.82) is 0 Å². The van der Waals surface area contributed by atoms with Crippen LogP contribution in [0.25, 0.3) is 11.3 Å². The van der Waals surface area contributed by atoms with Crippen LogP contribution in [0, 0.1) is 17.2 Å². The molecule has 2 atom stereocenters. The third kappa shape index (κ3) is 5.91. The Hall–Kier alpha value is -2.72. The summed E-state index contributed by atoms with van der Waals surface area (Å²) in [4.78, 5) is 20.6. The van der Waals surface area contributed by atoms with Gasteiger partial charge in [0.2, 0.25) is 0 Å². The first-order valence-electron chi connectivity index (χ1n) is 13.7. The van der Waals surface area contributed by atoms with Crippen LogP contribution in [0.5, 0.6) is 5.75 Å². The highest BCUT2D eigenvalue weighted by atomic mass is 19.4. The van der Waals surface area contributed by atoms with E-state index in [2.05, 4.69) is 4.98 Å². The van der Waals surface area contributed by atoms with Crippen molar-refractivity contribution >= 4 is 5.91 Å². The Morgan fingerprint density at radius 1 is 1.18 bits per heavy atom. The molecular formula is C29H35F4N3O3. The first kappa shape index (κ1) is 27.8. The van der Waals surface area contributed by atoms with Crippen molar-refractivity contribution in [2.45, 2.75) is 63.8 Å². The Labute approximate surface area is 226 Å². The lowest BCUT2D eigenvalue weighted by Crippen LogP contribution is -2.53. The average Bonchev–Trinajstić information content (AvgIpc) is 3.22. The van der Waals surface area contributed by atoms with Crippen LogP contribution in [0.3, 0.4) is 0 Å². The quantitative estimate of drug-likeness (QED) is 0.475. The third-order valence-corrected chi connectivity index (χ3v) is 8.67. The minimum Gasteiger partial charge on any atom is -0.492 e. The van der Waals surface area contributed by atoms with Gasteiger partial charge < -0.3 is 19.6 Å². The minimum absolute atomic E-state index is 0.0989. The number of alkyl halides is 3.